The minimum Gasteiger partial charge on any atom is -0.492 e. The minimum absolute atomic E-state index is 0.711. The minimum atomic E-state index is 0.711. The summed E-state index contributed by atoms with van der Waals surface area (Å²) in [7, 11) is 0. The normalized spacial score (nSPS) is 10.8. The van der Waals surface area contributed by atoms with Crippen molar-refractivity contribution in [2.45, 2.75) is 13.8 Å². The Kier molecular flexibility index (Phi) is 7.43. The van der Waals surface area contributed by atoms with Crippen LogP contribution >= 0.6 is 0 Å². The van der Waals surface area contributed by atoms with Gasteiger partial charge in [0, 0.05) is 19.6 Å². The van der Waals surface area contributed by atoms with Crippen molar-refractivity contribution in [3.8, 4) is 5.75 Å². The van der Waals surface area contributed by atoms with Crippen molar-refractivity contribution in [2.75, 3.05) is 39.3 Å². The molecular formula is C14H23N2O. The lowest BCUT2D eigenvalue weighted by Gasteiger charge is -2.18. The Morgan fingerprint density at radius 1 is 1.18 bits per heavy atom. The van der Waals surface area contributed by atoms with Crippen molar-refractivity contribution in [3.63, 3.8) is 0 Å². The van der Waals surface area contributed by atoms with Gasteiger partial charge in [0.05, 0.1) is 0 Å². The van der Waals surface area contributed by atoms with E-state index in [-0.39, 0.29) is 0 Å². The van der Waals surface area contributed by atoms with E-state index in [2.05, 4.69) is 30.1 Å². The molecule has 0 saturated heterocycles. The van der Waals surface area contributed by atoms with Crippen molar-refractivity contribution < 1.29 is 4.74 Å². The molecule has 1 aromatic carbocycles. The summed E-state index contributed by atoms with van der Waals surface area (Å²) in [6, 6.07) is 10.5. The number of benzene rings is 1. The SMILES string of the molecule is CCN(CC)CCNCCOc1cc[c]cc1. The molecule has 1 radical (unpaired) electrons. The predicted octanol–water partition coefficient (Wildman–Crippen LogP) is 1.80. The molecule has 95 valence electrons. The summed E-state index contributed by atoms with van der Waals surface area (Å²) in [4.78, 5) is 2.40. The fraction of sp³-hybridized carbons (Fsp3) is 0.571. The first kappa shape index (κ1) is 14.0. The van der Waals surface area contributed by atoms with E-state index in [0.29, 0.717) is 6.61 Å². The number of nitrogens with one attached hydrogen (secondary N) is 1. The average Bonchev–Trinajstić information content (AvgIpc) is 2.39. The van der Waals surface area contributed by atoms with Gasteiger partial charge in [0.25, 0.3) is 0 Å². The molecule has 0 bridgehead atoms. The van der Waals surface area contributed by atoms with Crippen molar-refractivity contribution >= 4 is 0 Å². The van der Waals surface area contributed by atoms with Gasteiger partial charge in [0.1, 0.15) is 12.4 Å². The van der Waals surface area contributed by atoms with E-state index in [4.69, 9.17) is 4.74 Å². The van der Waals surface area contributed by atoms with E-state index >= 15 is 0 Å². The first-order valence-corrected chi connectivity index (χ1v) is 6.38. The molecule has 0 heterocycles. The van der Waals surface area contributed by atoms with Crippen LogP contribution in [0.25, 0.3) is 0 Å². The Hall–Kier alpha value is -1.06. The van der Waals surface area contributed by atoms with Gasteiger partial charge in [-0.3, -0.25) is 0 Å². The molecule has 0 spiro atoms. The summed E-state index contributed by atoms with van der Waals surface area (Å²) >= 11 is 0. The largest absolute Gasteiger partial charge is 0.492 e. The molecule has 0 aliphatic carbocycles. The third kappa shape index (κ3) is 6.29. The number of hydrogen-bond donors (Lipinski definition) is 1. The molecule has 0 fully saturated rings. The van der Waals surface area contributed by atoms with Crippen LogP contribution in [0.1, 0.15) is 13.8 Å². The second-order valence-electron chi connectivity index (χ2n) is 3.86. The number of hydrogen-bond acceptors (Lipinski definition) is 3. The zero-order valence-corrected chi connectivity index (χ0v) is 10.9. The summed E-state index contributed by atoms with van der Waals surface area (Å²) < 4.78 is 5.57. The summed E-state index contributed by atoms with van der Waals surface area (Å²) in [6.45, 7) is 10.4. The Labute approximate surface area is 105 Å². The molecule has 0 amide bonds. The summed E-state index contributed by atoms with van der Waals surface area (Å²) in [5.74, 6) is 0.911. The van der Waals surface area contributed by atoms with E-state index in [1.807, 2.05) is 24.3 Å². The van der Waals surface area contributed by atoms with E-state index in [1.54, 1.807) is 0 Å². The van der Waals surface area contributed by atoms with Gasteiger partial charge in [-0.2, -0.15) is 0 Å². The standard InChI is InChI=1S/C14H23N2O/c1-3-16(4-2)12-10-15-11-13-17-14-8-6-5-7-9-14/h6-9,15H,3-4,10-13H2,1-2H3. The Morgan fingerprint density at radius 2 is 1.88 bits per heavy atom. The molecule has 0 saturated carbocycles. The third-order valence-electron chi connectivity index (χ3n) is 2.73. The first-order chi connectivity index (χ1) is 8.36. The average molecular weight is 235 g/mol. The summed E-state index contributed by atoms with van der Waals surface area (Å²) in [5.41, 5.74) is 0. The maximum atomic E-state index is 5.57. The van der Waals surface area contributed by atoms with Crippen molar-refractivity contribution in [3.05, 3.63) is 30.3 Å². The molecule has 0 atom stereocenters. The highest BCUT2D eigenvalue weighted by Gasteiger charge is 1.97. The topological polar surface area (TPSA) is 24.5 Å². The van der Waals surface area contributed by atoms with Crippen LogP contribution in [-0.2, 0) is 0 Å². The van der Waals surface area contributed by atoms with Gasteiger partial charge < -0.3 is 15.0 Å². The lowest BCUT2D eigenvalue weighted by molar-refractivity contribution is 0.285. The van der Waals surface area contributed by atoms with Gasteiger partial charge in [-0.05, 0) is 31.3 Å². The molecule has 17 heavy (non-hydrogen) atoms. The van der Waals surface area contributed by atoms with Crippen LogP contribution in [-0.4, -0.2) is 44.2 Å². The molecule has 3 nitrogen and oxygen atoms in total. The highest BCUT2D eigenvalue weighted by Crippen LogP contribution is 2.06. The van der Waals surface area contributed by atoms with E-state index in [9.17, 15) is 0 Å². The van der Waals surface area contributed by atoms with Crippen LogP contribution in [0.2, 0.25) is 0 Å². The zero-order chi connectivity index (χ0) is 12.3. The molecule has 1 N–H and O–H groups in total. The second-order valence-corrected chi connectivity index (χ2v) is 3.86. The number of nitrogens with zero attached hydrogens (tertiary/aromatic N) is 1. The van der Waals surface area contributed by atoms with Crippen LogP contribution < -0.4 is 10.1 Å². The Bertz CT molecular complexity index is 273. The van der Waals surface area contributed by atoms with Crippen LogP contribution in [0.4, 0.5) is 0 Å². The van der Waals surface area contributed by atoms with Gasteiger partial charge in [-0.25, -0.2) is 0 Å². The van der Waals surface area contributed by atoms with Crippen LogP contribution in [0, 0.1) is 6.07 Å². The lowest BCUT2D eigenvalue weighted by Crippen LogP contribution is -2.33. The molecule has 0 aromatic heterocycles. The molecule has 0 aliphatic heterocycles. The predicted molar refractivity (Wildman–Crippen MR) is 71.4 cm³/mol. The lowest BCUT2D eigenvalue weighted by atomic mass is 10.3. The molecule has 0 unspecified atom stereocenters. The van der Waals surface area contributed by atoms with Gasteiger partial charge in [0.15, 0.2) is 0 Å². The monoisotopic (exact) mass is 235 g/mol. The molecule has 3 heteroatoms. The second kappa shape index (κ2) is 9.02. The number of likely N-dealkylation sites (N-methyl/N-ethyl adjacent to an activating group) is 1. The maximum absolute atomic E-state index is 5.57. The molecule has 1 rings (SSSR count). The Morgan fingerprint density at radius 3 is 2.53 bits per heavy atom. The molecular weight excluding hydrogens is 212 g/mol. The van der Waals surface area contributed by atoms with Crippen molar-refractivity contribution in [1.82, 2.24) is 10.2 Å². The van der Waals surface area contributed by atoms with Crippen molar-refractivity contribution in [1.29, 1.82) is 0 Å². The van der Waals surface area contributed by atoms with E-state index in [1.165, 1.54) is 0 Å². The summed E-state index contributed by atoms with van der Waals surface area (Å²) in [5, 5.41) is 3.38. The fourth-order valence-electron chi connectivity index (χ4n) is 1.61. The van der Waals surface area contributed by atoms with E-state index in [0.717, 1.165) is 38.5 Å². The highest BCUT2D eigenvalue weighted by molar-refractivity contribution is 5.20. The number of rotatable bonds is 9. The number of ether oxygens (including phenoxy) is 1. The zero-order valence-electron chi connectivity index (χ0n) is 10.9. The highest BCUT2D eigenvalue weighted by atomic mass is 16.5. The summed E-state index contributed by atoms with van der Waals surface area (Å²) in [6.07, 6.45) is 0. The van der Waals surface area contributed by atoms with E-state index < -0.39 is 0 Å². The molecule has 1 aromatic rings. The van der Waals surface area contributed by atoms with Gasteiger partial charge in [0.2, 0.25) is 0 Å². The van der Waals surface area contributed by atoms with Crippen molar-refractivity contribution in [2.24, 2.45) is 0 Å². The molecule has 0 aliphatic rings. The van der Waals surface area contributed by atoms with Gasteiger partial charge in [-0.1, -0.05) is 26.0 Å². The Balaban J connectivity index is 1.98. The third-order valence-corrected chi connectivity index (χ3v) is 2.73. The van der Waals surface area contributed by atoms with Crippen LogP contribution in [0.5, 0.6) is 5.75 Å². The van der Waals surface area contributed by atoms with Crippen LogP contribution in [0.3, 0.4) is 0 Å². The quantitative estimate of drug-likeness (QED) is 0.661. The first-order valence-electron chi connectivity index (χ1n) is 6.38. The van der Waals surface area contributed by atoms with Crippen LogP contribution in [0.15, 0.2) is 24.3 Å². The maximum Gasteiger partial charge on any atom is 0.119 e. The smallest absolute Gasteiger partial charge is 0.119 e. The van der Waals surface area contributed by atoms with Gasteiger partial charge >= 0.3 is 0 Å². The van der Waals surface area contributed by atoms with Gasteiger partial charge in [-0.15, -0.1) is 0 Å². The fourth-order valence-corrected chi connectivity index (χ4v) is 1.61.